The molecule has 1 saturated heterocycles. The van der Waals surface area contributed by atoms with Gasteiger partial charge in [-0.15, -0.1) is 0 Å². The summed E-state index contributed by atoms with van der Waals surface area (Å²) in [7, 11) is 0. The Morgan fingerprint density at radius 1 is 1.55 bits per heavy atom. The molecule has 22 heavy (non-hydrogen) atoms. The molecule has 0 saturated carbocycles. The van der Waals surface area contributed by atoms with Crippen LogP contribution in [-0.4, -0.2) is 36.9 Å². The molecule has 2 heterocycles. The van der Waals surface area contributed by atoms with Gasteiger partial charge >= 0.3 is 0 Å². The number of nitrogens with two attached hydrogens (primary N) is 1. The van der Waals surface area contributed by atoms with Crippen molar-refractivity contribution in [2.45, 2.75) is 11.6 Å². The van der Waals surface area contributed by atoms with E-state index in [1.807, 2.05) is 0 Å². The van der Waals surface area contributed by atoms with Gasteiger partial charge in [-0.25, -0.2) is 13.8 Å². The van der Waals surface area contributed by atoms with Crippen molar-refractivity contribution in [2.24, 2.45) is 16.6 Å². The van der Waals surface area contributed by atoms with Crippen LogP contribution in [-0.2, 0) is 15.0 Å². The Hall–Kier alpha value is -2.29. The van der Waals surface area contributed by atoms with E-state index in [9.17, 15) is 18.9 Å². The Kier molecular flexibility index (Phi) is 3.44. The van der Waals surface area contributed by atoms with Crippen molar-refractivity contribution in [3.8, 4) is 0 Å². The quantitative estimate of drug-likeness (QED) is 0.669. The average molecular weight is 313 g/mol. The highest BCUT2D eigenvalue weighted by Gasteiger charge is 2.55. The van der Waals surface area contributed by atoms with Crippen LogP contribution in [0.2, 0.25) is 0 Å². The number of non-ortho nitro benzene ring substituents is 1. The molecular weight excluding hydrogens is 300 g/mol. The number of aliphatic imine (C=N–C) groups is 1. The molecule has 2 N–H and O–H groups in total. The number of amidine groups is 1. The summed E-state index contributed by atoms with van der Waals surface area (Å²) in [5.41, 5.74) is 3.94. The molecule has 0 bridgehead atoms. The first-order valence-corrected chi connectivity index (χ1v) is 6.58. The monoisotopic (exact) mass is 313 g/mol. The topological polar surface area (TPSA) is 100.0 Å². The number of nitro benzene ring substituents is 1. The van der Waals surface area contributed by atoms with E-state index in [4.69, 9.17) is 15.2 Å². The van der Waals surface area contributed by atoms with Gasteiger partial charge in [0.15, 0.2) is 0 Å². The summed E-state index contributed by atoms with van der Waals surface area (Å²) >= 11 is 0. The number of alkyl halides is 1. The summed E-state index contributed by atoms with van der Waals surface area (Å²) in [5, 5.41) is 10.9. The third-order valence-electron chi connectivity index (χ3n) is 4.08. The van der Waals surface area contributed by atoms with Crippen molar-refractivity contribution >= 4 is 11.7 Å². The molecule has 2 aliphatic rings. The highest BCUT2D eigenvalue weighted by molar-refractivity contribution is 5.73. The van der Waals surface area contributed by atoms with E-state index in [0.717, 1.165) is 18.2 Å². The maximum absolute atomic E-state index is 14.3. The number of benzene rings is 1. The SMILES string of the molecule is NC1=N[C@@]2(c3cc([N+](=O)[O-])ccc3F)CO[C@H](CF)C2CO1. The van der Waals surface area contributed by atoms with Crippen molar-refractivity contribution in [3.05, 3.63) is 39.7 Å². The number of halogens is 2. The zero-order chi connectivity index (χ0) is 15.9. The van der Waals surface area contributed by atoms with Crippen LogP contribution in [0.4, 0.5) is 14.5 Å². The standard InChI is InChI=1S/C13H13F2N3O4/c14-4-11-9-5-21-12(16)17-13(9,6-22-11)8-3-7(18(19)20)1-2-10(8)15/h1-3,9,11H,4-6H2,(H2,16,17)/t9?,11-,13-/m1/s1. The Labute approximate surface area is 123 Å². The molecule has 3 rings (SSSR count). The smallest absolute Gasteiger partial charge is 0.282 e. The second kappa shape index (κ2) is 5.16. The molecular formula is C13H13F2N3O4. The third kappa shape index (κ3) is 2.08. The Morgan fingerprint density at radius 3 is 3.00 bits per heavy atom. The summed E-state index contributed by atoms with van der Waals surface area (Å²) in [4.78, 5) is 14.4. The van der Waals surface area contributed by atoms with Gasteiger partial charge in [0, 0.05) is 17.7 Å². The summed E-state index contributed by atoms with van der Waals surface area (Å²) in [6, 6.07) is 2.96. The number of hydrogen-bond donors (Lipinski definition) is 1. The molecule has 0 aromatic heterocycles. The number of nitro groups is 1. The van der Waals surface area contributed by atoms with Crippen LogP contribution in [0.3, 0.4) is 0 Å². The Bertz CT molecular complexity index is 654. The first-order chi connectivity index (χ1) is 10.5. The molecule has 0 spiro atoms. The number of fused-ring (bicyclic) bond motifs is 1. The highest BCUT2D eigenvalue weighted by Crippen LogP contribution is 2.46. The molecule has 0 aliphatic carbocycles. The predicted molar refractivity (Wildman–Crippen MR) is 71.5 cm³/mol. The van der Waals surface area contributed by atoms with E-state index >= 15 is 0 Å². The minimum Gasteiger partial charge on any atom is -0.465 e. The summed E-state index contributed by atoms with van der Waals surface area (Å²) in [5.74, 6) is -1.29. The van der Waals surface area contributed by atoms with E-state index in [0.29, 0.717) is 0 Å². The van der Waals surface area contributed by atoms with Gasteiger partial charge in [-0.05, 0) is 6.07 Å². The fourth-order valence-corrected chi connectivity index (χ4v) is 2.98. The van der Waals surface area contributed by atoms with Gasteiger partial charge in [0.25, 0.3) is 11.7 Å². The minimum absolute atomic E-state index is 0.00600. The van der Waals surface area contributed by atoms with E-state index in [1.165, 1.54) is 0 Å². The second-order valence-corrected chi connectivity index (χ2v) is 5.22. The zero-order valence-electron chi connectivity index (χ0n) is 11.4. The fourth-order valence-electron chi connectivity index (χ4n) is 2.98. The molecule has 0 amide bonds. The van der Waals surface area contributed by atoms with Crippen LogP contribution in [0.1, 0.15) is 5.56 Å². The lowest BCUT2D eigenvalue weighted by molar-refractivity contribution is -0.385. The summed E-state index contributed by atoms with van der Waals surface area (Å²) < 4.78 is 37.9. The summed E-state index contributed by atoms with van der Waals surface area (Å²) in [6.07, 6.45) is -0.824. The molecule has 1 aromatic carbocycles. The van der Waals surface area contributed by atoms with Gasteiger partial charge in [-0.1, -0.05) is 0 Å². The van der Waals surface area contributed by atoms with Crippen LogP contribution in [0, 0.1) is 21.8 Å². The van der Waals surface area contributed by atoms with E-state index in [1.54, 1.807) is 0 Å². The molecule has 3 atom stereocenters. The molecule has 118 valence electrons. The minimum atomic E-state index is -1.31. The summed E-state index contributed by atoms with van der Waals surface area (Å²) in [6.45, 7) is -0.901. The number of ether oxygens (including phenoxy) is 2. The van der Waals surface area contributed by atoms with Crippen LogP contribution in [0.5, 0.6) is 0 Å². The van der Waals surface area contributed by atoms with Gasteiger partial charge in [0.05, 0.1) is 30.2 Å². The molecule has 1 aromatic rings. The molecule has 7 nitrogen and oxygen atoms in total. The Balaban J connectivity index is 2.16. The lowest BCUT2D eigenvalue weighted by Gasteiger charge is -2.35. The van der Waals surface area contributed by atoms with Gasteiger partial charge in [0.2, 0.25) is 0 Å². The van der Waals surface area contributed by atoms with Crippen molar-refractivity contribution in [1.29, 1.82) is 0 Å². The molecule has 9 heteroatoms. The van der Waals surface area contributed by atoms with Gasteiger partial charge < -0.3 is 15.2 Å². The number of hydrogen-bond acceptors (Lipinski definition) is 6. The number of rotatable bonds is 3. The maximum Gasteiger partial charge on any atom is 0.282 e. The largest absolute Gasteiger partial charge is 0.465 e. The fraction of sp³-hybridized carbons (Fsp3) is 0.462. The highest BCUT2D eigenvalue weighted by atomic mass is 19.1. The van der Waals surface area contributed by atoms with E-state index in [2.05, 4.69) is 4.99 Å². The normalized spacial score (nSPS) is 30.4. The zero-order valence-corrected chi connectivity index (χ0v) is 11.4. The van der Waals surface area contributed by atoms with Crippen LogP contribution in [0.15, 0.2) is 23.2 Å². The van der Waals surface area contributed by atoms with Crippen molar-refractivity contribution in [2.75, 3.05) is 19.9 Å². The Morgan fingerprint density at radius 2 is 2.32 bits per heavy atom. The lowest BCUT2D eigenvalue weighted by Crippen LogP contribution is -2.45. The third-order valence-corrected chi connectivity index (χ3v) is 4.08. The van der Waals surface area contributed by atoms with Crippen molar-refractivity contribution < 1.29 is 23.2 Å². The lowest BCUT2D eigenvalue weighted by atomic mass is 9.78. The molecule has 1 unspecified atom stereocenters. The van der Waals surface area contributed by atoms with Crippen LogP contribution >= 0.6 is 0 Å². The second-order valence-electron chi connectivity index (χ2n) is 5.22. The van der Waals surface area contributed by atoms with Gasteiger partial charge in [0.1, 0.15) is 18.0 Å². The van der Waals surface area contributed by atoms with Gasteiger partial charge in [-0.2, -0.15) is 0 Å². The van der Waals surface area contributed by atoms with Crippen LogP contribution in [0.25, 0.3) is 0 Å². The van der Waals surface area contributed by atoms with Crippen molar-refractivity contribution in [1.82, 2.24) is 0 Å². The molecule has 0 radical (unpaired) electrons. The van der Waals surface area contributed by atoms with E-state index < -0.39 is 35.0 Å². The van der Waals surface area contributed by atoms with E-state index in [-0.39, 0.29) is 30.5 Å². The average Bonchev–Trinajstić information content (AvgIpc) is 2.85. The number of nitrogens with zero attached hydrogens (tertiary/aromatic N) is 2. The first kappa shape index (κ1) is 14.6. The predicted octanol–water partition coefficient (Wildman–Crippen LogP) is 1.26. The molecule has 2 aliphatic heterocycles. The maximum atomic E-state index is 14.3. The van der Waals surface area contributed by atoms with Crippen LogP contribution < -0.4 is 5.73 Å². The molecule has 1 fully saturated rings. The van der Waals surface area contributed by atoms with Gasteiger partial charge in [-0.3, -0.25) is 10.1 Å². The van der Waals surface area contributed by atoms with Crippen molar-refractivity contribution in [3.63, 3.8) is 0 Å². The first-order valence-electron chi connectivity index (χ1n) is 6.58.